The molecule has 8 nitrogen and oxygen atoms in total. The molecule has 31 heavy (non-hydrogen) atoms. The molecule has 8 heteroatoms. The summed E-state index contributed by atoms with van der Waals surface area (Å²) in [6, 6.07) is -1.59. The third-order valence-electron chi connectivity index (χ3n) is 8.76. The van der Waals surface area contributed by atoms with Crippen molar-refractivity contribution in [1.82, 2.24) is 9.80 Å². The van der Waals surface area contributed by atoms with Crippen LogP contribution in [0.2, 0.25) is 0 Å². The summed E-state index contributed by atoms with van der Waals surface area (Å²) in [4.78, 5) is 41.9. The number of carbonyl (C=O) groups is 3. The molecule has 1 aliphatic heterocycles. The van der Waals surface area contributed by atoms with Crippen molar-refractivity contribution < 1.29 is 24.6 Å². The lowest BCUT2D eigenvalue weighted by Gasteiger charge is -2.64. The first-order chi connectivity index (χ1) is 14.3. The van der Waals surface area contributed by atoms with Gasteiger partial charge in [-0.25, -0.2) is 4.79 Å². The summed E-state index contributed by atoms with van der Waals surface area (Å²) in [5.74, 6) is 0.126. The number of primary amides is 1. The highest BCUT2D eigenvalue weighted by atomic mass is 16.4. The van der Waals surface area contributed by atoms with Gasteiger partial charge in [0.15, 0.2) is 0 Å². The number of carboxylic acid groups (broad SMARTS) is 1. The van der Waals surface area contributed by atoms with Crippen LogP contribution in [0.3, 0.4) is 0 Å². The smallest absolute Gasteiger partial charge is 0.408 e. The van der Waals surface area contributed by atoms with Crippen molar-refractivity contribution in [2.45, 2.75) is 101 Å². The standard InChI is InChI=1S/C23H35N3O5/c1-21(2,3)26(20(29)30)17(19(28)25-15-5-14(15)6-16(25)18(24)27)22-7-12-4-13(8-22)10-23(31,9-12)11-22/h12-17,31H,4-11H2,1-3H3,(H2,24,27)(H,29,30)/t12-,13-,14-,15-,16-,17+,22?,23?/m0/s1. The molecule has 0 aromatic rings. The minimum Gasteiger partial charge on any atom is -0.465 e. The van der Waals surface area contributed by atoms with Gasteiger partial charge in [0.05, 0.1) is 5.60 Å². The van der Waals surface area contributed by atoms with Crippen LogP contribution in [0.25, 0.3) is 0 Å². The van der Waals surface area contributed by atoms with Gasteiger partial charge < -0.3 is 20.8 Å². The summed E-state index contributed by atoms with van der Waals surface area (Å²) in [6.07, 6.45) is 4.79. The van der Waals surface area contributed by atoms with E-state index in [1.807, 2.05) is 20.8 Å². The number of aliphatic hydroxyl groups is 1. The molecule has 3 amide bonds. The van der Waals surface area contributed by atoms with Gasteiger partial charge in [0.25, 0.3) is 0 Å². The van der Waals surface area contributed by atoms with E-state index in [4.69, 9.17) is 5.73 Å². The maximum absolute atomic E-state index is 14.2. The molecule has 0 spiro atoms. The van der Waals surface area contributed by atoms with Crippen LogP contribution in [0.4, 0.5) is 4.79 Å². The highest BCUT2D eigenvalue weighted by Gasteiger charge is 2.66. The predicted molar refractivity (Wildman–Crippen MR) is 112 cm³/mol. The van der Waals surface area contributed by atoms with Crippen LogP contribution in [-0.2, 0) is 9.59 Å². The molecule has 6 aliphatic rings. The quantitative estimate of drug-likeness (QED) is 0.625. The van der Waals surface area contributed by atoms with Crippen molar-refractivity contribution in [3.8, 4) is 0 Å². The number of carbonyl (C=O) groups excluding carboxylic acids is 2. The summed E-state index contributed by atoms with van der Waals surface area (Å²) in [5.41, 5.74) is 3.43. The van der Waals surface area contributed by atoms with Crippen LogP contribution in [0.5, 0.6) is 0 Å². The molecule has 1 heterocycles. The van der Waals surface area contributed by atoms with E-state index in [0.717, 1.165) is 38.5 Å². The van der Waals surface area contributed by atoms with Gasteiger partial charge in [-0.1, -0.05) is 0 Å². The number of rotatable bonds is 4. The first kappa shape index (κ1) is 21.0. The van der Waals surface area contributed by atoms with E-state index < -0.39 is 40.6 Å². The maximum Gasteiger partial charge on any atom is 0.408 e. The van der Waals surface area contributed by atoms with Crippen LogP contribution < -0.4 is 5.73 Å². The van der Waals surface area contributed by atoms with E-state index in [-0.39, 0.29) is 17.9 Å². The van der Waals surface area contributed by atoms with Crippen molar-refractivity contribution in [2.75, 3.05) is 0 Å². The molecule has 0 unspecified atom stereocenters. The van der Waals surface area contributed by atoms with Gasteiger partial charge in [0, 0.05) is 17.0 Å². The van der Waals surface area contributed by atoms with E-state index in [2.05, 4.69) is 0 Å². The molecule has 0 radical (unpaired) electrons. The van der Waals surface area contributed by atoms with Crippen molar-refractivity contribution in [3.05, 3.63) is 0 Å². The van der Waals surface area contributed by atoms with Crippen LogP contribution in [0.1, 0.15) is 72.1 Å². The topological polar surface area (TPSA) is 124 Å². The molecule has 5 aliphatic carbocycles. The molecular weight excluding hydrogens is 398 g/mol. The first-order valence-electron chi connectivity index (χ1n) is 11.7. The monoisotopic (exact) mass is 433 g/mol. The average molecular weight is 434 g/mol. The van der Waals surface area contributed by atoms with E-state index in [0.29, 0.717) is 24.7 Å². The zero-order chi connectivity index (χ0) is 22.5. The Labute approximate surface area is 183 Å². The molecule has 6 fully saturated rings. The summed E-state index contributed by atoms with van der Waals surface area (Å²) in [7, 11) is 0. The summed E-state index contributed by atoms with van der Waals surface area (Å²) in [5, 5.41) is 21.6. The molecule has 6 rings (SSSR count). The van der Waals surface area contributed by atoms with Crippen molar-refractivity contribution in [1.29, 1.82) is 0 Å². The van der Waals surface area contributed by atoms with E-state index >= 15 is 0 Å². The van der Waals surface area contributed by atoms with Crippen molar-refractivity contribution in [2.24, 2.45) is 28.9 Å². The van der Waals surface area contributed by atoms with Crippen LogP contribution >= 0.6 is 0 Å². The highest BCUT2D eigenvalue weighted by Crippen LogP contribution is 2.64. The number of fused-ring (bicyclic) bond motifs is 1. The second-order valence-corrected chi connectivity index (χ2v) is 12.2. The van der Waals surface area contributed by atoms with Gasteiger partial charge in [-0.05, 0) is 89.9 Å². The Kier molecular flexibility index (Phi) is 4.32. The molecular formula is C23H35N3O5. The Morgan fingerprint density at radius 3 is 2.16 bits per heavy atom. The van der Waals surface area contributed by atoms with Gasteiger partial charge >= 0.3 is 6.09 Å². The Hall–Kier alpha value is -1.83. The molecule has 6 atom stereocenters. The minimum atomic E-state index is -1.13. The number of amides is 3. The van der Waals surface area contributed by atoms with E-state index in [1.54, 1.807) is 4.90 Å². The fraction of sp³-hybridized carbons (Fsp3) is 0.870. The SMILES string of the molecule is CC(C)(C)N(C(=O)O)[C@H](C(=O)N1[C@H](C(N)=O)C[C@@H]2C[C@@H]21)C12C[C@@H]3C[C@H](CC(O)(C3)C1)C2. The molecule has 172 valence electrons. The number of hydrogen-bond acceptors (Lipinski definition) is 4. The lowest BCUT2D eigenvalue weighted by molar-refractivity contribution is -0.195. The van der Waals surface area contributed by atoms with Crippen molar-refractivity contribution in [3.63, 3.8) is 0 Å². The third kappa shape index (κ3) is 3.16. The number of nitrogens with two attached hydrogens (primary N) is 1. The molecule has 0 aromatic heterocycles. The van der Waals surface area contributed by atoms with Gasteiger partial charge in [0.2, 0.25) is 11.8 Å². The average Bonchev–Trinajstić information content (AvgIpc) is 3.25. The fourth-order valence-corrected chi connectivity index (χ4v) is 8.20. The molecule has 4 bridgehead atoms. The fourth-order valence-electron chi connectivity index (χ4n) is 8.20. The highest BCUT2D eigenvalue weighted by molar-refractivity contribution is 5.93. The Morgan fingerprint density at radius 2 is 1.68 bits per heavy atom. The Morgan fingerprint density at radius 1 is 1.06 bits per heavy atom. The van der Waals surface area contributed by atoms with Gasteiger partial charge in [-0.15, -0.1) is 0 Å². The number of likely N-dealkylation sites (tertiary alicyclic amines) is 1. The normalized spacial score (nSPS) is 43.5. The zero-order valence-electron chi connectivity index (χ0n) is 18.7. The van der Waals surface area contributed by atoms with Crippen LogP contribution in [-0.4, -0.2) is 67.2 Å². The van der Waals surface area contributed by atoms with E-state index in [9.17, 15) is 24.6 Å². The van der Waals surface area contributed by atoms with Gasteiger partial charge in [0.1, 0.15) is 12.1 Å². The van der Waals surface area contributed by atoms with Crippen LogP contribution in [0, 0.1) is 23.2 Å². The lowest BCUT2D eigenvalue weighted by Crippen LogP contribution is -2.70. The van der Waals surface area contributed by atoms with Crippen LogP contribution in [0.15, 0.2) is 0 Å². The first-order valence-corrected chi connectivity index (χ1v) is 11.7. The minimum absolute atomic E-state index is 0.0138. The summed E-state index contributed by atoms with van der Waals surface area (Å²) >= 11 is 0. The van der Waals surface area contributed by atoms with Gasteiger partial charge in [-0.3, -0.25) is 14.5 Å². The Balaban J connectivity index is 1.60. The van der Waals surface area contributed by atoms with Crippen molar-refractivity contribution >= 4 is 17.9 Å². The summed E-state index contributed by atoms with van der Waals surface area (Å²) < 4.78 is 0. The maximum atomic E-state index is 14.2. The largest absolute Gasteiger partial charge is 0.465 e. The zero-order valence-corrected chi connectivity index (χ0v) is 18.7. The second-order valence-electron chi connectivity index (χ2n) is 12.2. The number of piperidine rings is 1. The number of hydrogen-bond donors (Lipinski definition) is 3. The molecule has 4 N–H and O–H groups in total. The second kappa shape index (κ2) is 6.36. The summed E-state index contributed by atoms with van der Waals surface area (Å²) in [6.45, 7) is 5.43. The van der Waals surface area contributed by atoms with E-state index in [1.165, 1.54) is 4.90 Å². The third-order valence-corrected chi connectivity index (χ3v) is 8.76. The lowest BCUT2D eigenvalue weighted by atomic mass is 9.45. The molecule has 0 aromatic carbocycles. The Bertz CT molecular complexity index is 822. The number of nitrogens with zero attached hydrogens (tertiary/aromatic N) is 2. The van der Waals surface area contributed by atoms with Gasteiger partial charge in [-0.2, -0.15) is 0 Å². The molecule has 1 saturated heterocycles. The molecule has 5 saturated carbocycles. The predicted octanol–water partition coefficient (Wildman–Crippen LogP) is 1.94.